The Kier molecular flexibility index (Phi) is 3.98. The van der Waals surface area contributed by atoms with E-state index in [1.54, 1.807) is 0 Å². The van der Waals surface area contributed by atoms with Crippen LogP contribution in [-0.4, -0.2) is 44.7 Å². The molecule has 26 heavy (non-hydrogen) atoms. The average molecular weight is 372 g/mol. The number of rotatable bonds is 4. The second kappa shape index (κ2) is 6.35. The number of carbonyl (C=O) groups excluding carboxylic acids is 1. The predicted octanol–water partition coefficient (Wildman–Crippen LogP) is 2.13. The van der Waals surface area contributed by atoms with Crippen molar-refractivity contribution in [2.45, 2.75) is 38.4 Å². The molecule has 1 amide bonds. The Labute approximate surface area is 157 Å². The van der Waals surface area contributed by atoms with Crippen LogP contribution in [-0.2, 0) is 19.5 Å². The molecule has 1 N–H and O–H groups in total. The maximum Gasteiger partial charge on any atom is 0.289 e. The molecule has 2 aromatic rings. The molecule has 1 aliphatic carbocycles. The minimum Gasteiger partial charge on any atom is -0.347 e. The standard InChI is InChI=1S/C19H22ClN5O/c20-16-4-2-1-3-12(16)8-24-9-13-7-17-22-23-18(19(26)21-15-5-6-15)25(17)11-14(13)10-24/h1-4,13-15H,5-11H2,(H,21,26)/t13-,14+/m1/s1. The van der Waals surface area contributed by atoms with Crippen LogP contribution in [0.3, 0.4) is 0 Å². The van der Waals surface area contributed by atoms with Crippen molar-refractivity contribution >= 4 is 17.5 Å². The molecule has 2 atom stereocenters. The molecule has 0 bridgehead atoms. The fourth-order valence-corrected chi connectivity index (χ4v) is 4.46. The number of hydrogen-bond acceptors (Lipinski definition) is 4. The van der Waals surface area contributed by atoms with Crippen molar-refractivity contribution in [3.8, 4) is 0 Å². The first-order valence-electron chi connectivity index (χ1n) is 9.36. The van der Waals surface area contributed by atoms with Crippen LogP contribution in [0.4, 0.5) is 0 Å². The van der Waals surface area contributed by atoms with Gasteiger partial charge in [-0.3, -0.25) is 9.69 Å². The molecule has 3 aliphatic rings. The van der Waals surface area contributed by atoms with Gasteiger partial charge in [0.1, 0.15) is 5.82 Å². The van der Waals surface area contributed by atoms with Gasteiger partial charge in [0.15, 0.2) is 0 Å². The van der Waals surface area contributed by atoms with Crippen molar-refractivity contribution < 1.29 is 4.79 Å². The number of fused-ring (bicyclic) bond motifs is 2. The van der Waals surface area contributed by atoms with Gasteiger partial charge in [0.2, 0.25) is 5.82 Å². The Bertz CT molecular complexity index is 846. The molecule has 0 spiro atoms. The van der Waals surface area contributed by atoms with E-state index in [-0.39, 0.29) is 5.91 Å². The van der Waals surface area contributed by atoms with Crippen LogP contribution >= 0.6 is 11.6 Å². The van der Waals surface area contributed by atoms with Crippen LogP contribution < -0.4 is 5.32 Å². The fourth-order valence-electron chi connectivity index (χ4n) is 4.26. The van der Waals surface area contributed by atoms with Gasteiger partial charge in [0.05, 0.1) is 0 Å². The van der Waals surface area contributed by atoms with Crippen molar-refractivity contribution in [3.63, 3.8) is 0 Å². The van der Waals surface area contributed by atoms with E-state index in [4.69, 9.17) is 11.6 Å². The summed E-state index contributed by atoms with van der Waals surface area (Å²) in [6, 6.07) is 8.39. The SMILES string of the molecule is O=C(NC1CC1)c1nnc2n1C[C@@H]1CN(Cc3ccccc3Cl)C[C@H]1C2. The van der Waals surface area contributed by atoms with E-state index in [0.717, 1.165) is 56.3 Å². The van der Waals surface area contributed by atoms with Crippen molar-refractivity contribution in [2.24, 2.45) is 11.8 Å². The molecular formula is C19H22ClN5O. The summed E-state index contributed by atoms with van der Waals surface area (Å²) < 4.78 is 2.04. The van der Waals surface area contributed by atoms with Crippen molar-refractivity contribution in [1.82, 2.24) is 25.0 Å². The van der Waals surface area contributed by atoms with Gasteiger partial charge in [-0.1, -0.05) is 29.8 Å². The van der Waals surface area contributed by atoms with E-state index >= 15 is 0 Å². The summed E-state index contributed by atoms with van der Waals surface area (Å²) in [7, 11) is 0. The first kappa shape index (κ1) is 16.3. The molecule has 1 saturated heterocycles. The van der Waals surface area contributed by atoms with Gasteiger partial charge in [-0.15, -0.1) is 10.2 Å². The van der Waals surface area contributed by atoms with E-state index < -0.39 is 0 Å². The van der Waals surface area contributed by atoms with Crippen molar-refractivity contribution in [2.75, 3.05) is 13.1 Å². The highest BCUT2D eigenvalue weighted by atomic mass is 35.5. The molecule has 1 aromatic carbocycles. The van der Waals surface area contributed by atoms with E-state index in [2.05, 4.69) is 26.5 Å². The topological polar surface area (TPSA) is 63.1 Å². The minimum absolute atomic E-state index is 0.0735. The number of amides is 1. The third-order valence-electron chi connectivity index (χ3n) is 5.81. The van der Waals surface area contributed by atoms with Gasteiger partial charge < -0.3 is 9.88 Å². The molecule has 3 heterocycles. The highest BCUT2D eigenvalue weighted by Crippen LogP contribution is 2.34. The first-order chi connectivity index (χ1) is 12.7. The van der Waals surface area contributed by atoms with Gasteiger partial charge >= 0.3 is 0 Å². The summed E-state index contributed by atoms with van der Waals surface area (Å²) in [6.45, 7) is 3.78. The van der Waals surface area contributed by atoms with E-state index in [0.29, 0.717) is 23.7 Å². The number of benzene rings is 1. The summed E-state index contributed by atoms with van der Waals surface area (Å²) in [5, 5.41) is 12.3. The third-order valence-corrected chi connectivity index (χ3v) is 6.18. The lowest BCUT2D eigenvalue weighted by atomic mass is 9.89. The van der Waals surface area contributed by atoms with Crippen LogP contribution in [0.5, 0.6) is 0 Å². The Morgan fingerprint density at radius 3 is 2.77 bits per heavy atom. The van der Waals surface area contributed by atoms with Gasteiger partial charge in [-0.25, -0.2) is 0 Å². The van der Waals surface area contributed by atoms with Crippen molar-refractivity contribution in [3.05, 3.63) is 46.5 Å². The van der Waals surface area contributed by atoms with Crippen LogP contribution in [0, 0.1) is 11.8 Å². The largest absolute Gasteiger partial charge is 0.347 e. The zero-order valence-electron chi connectivity index (χ0n) is 14.6. The molecule has 0 unspecified atom stereocenters. The minimum atomic E-state index is -0.0735. The highest BCUT2D eigenvalue weighted by molar-refractivity contribution is 6.31. The molecule has 1 saturated carbocycles. The number of hydrogen-bond donors (Lipinski definition) is 1. The second-order valence-electron chi connectivity index (χ2n) is 7.81. The highest BCUT2D eigenvalue weighted by Gasteiger charge is 2.39. The Morgan fingerprint density at radius 1 is 1.15 bits per heavy atom. The lowest BCUT2D eigenvalue weighted by Gasteiger charge is -2.25. The lowest BCUT2D eigenvalue weighted by Crippen LogP contribution is -2.33. The predicted molar refractivity (Wildman–Crippen MR) is 97.9 cm³/mol. The fraction of sp³-hybridized carbons (Fsp3) is 0.526. The number of halogens is 1. The Morgan fingerprint density at radius 2 is 1.96 bits per heavy atom. The average Bonchev–Trinajstić information content (AvgIpc) is 3.20. The number of likely N-dealkylation sites (tertiary alicyclic amines) is 1. The lowest BCUT2D eigenvalue weighted by molar-refractivity contribution is 0.0932. The molecule has 5 rings (SSSR count). The van der Waals surface area contributed by atoms with E-state index in [1.807, 2.05) is 22.8 Å². The molecule has 136 valence electrons. The van der Waals surface area contributed by atoms with Crippen molar-refractivity contribution in [1.29, 1.82) is 0 Å². The third kappa shape index (κ3) is 3.01. The van der Waals surface area contributed by atoms with Crippen LogP contribution in [0.1, 0.15) is 34.8 Å². The summed E-state index contributed by atoms with van der Waals surface area (Å²) >= 11 is 6.32. The van der Waals surface area contributed by atoms with Gasteiger partial charge in [0.25, 0.3) is 5.91 Å². The summed E-state index contributed by atoms with van der Waals surface area (Å²) in [5.74, 6) is 2.47. The molecule has 0 radical (unpaired) electrons. The van der Waals surface area contributed by atoms with E-state index in [1.165, 1.54) is 5.56 Å². The Hall–Kier alpha value is -1.92. The normalized spacial score (nSPS) is 25.0. The zero-order chi connectivity index (χ0) is 17.7. The van der Waals surface area contributed by atoms with E-state index in [9.17, 15) is 4.79 Å². The monoisotopic (exact) mass is 371 g/mol. The first-order valence-corrected chi connectivity index (χ1v) is 9.74. The number of nitrogens with one attached hydrogen (secondary N) is 1. The maximum absolute atomic E-state index is 12.4. The Balaban J connectivity index is 1.29. The molecule has 7 heteroatoms. The van der Waals surface area contributed by atoms with Crippen LogP contribution in [0.25, 0.3) is 0 Å². The van der Waals surface area contributed by atoms with Gasteiger partial charge in [-0.2, -0.15) is 0 Å². The van der Waals surface area contributed by atoms with Gasteiger partial charge in [0, 0.05) is 43.7 Å². The quantitative estimate of drug-likeness (QED) is 0.894. The summed E-state index contributed by atoms with van der Waals surface area (Å²) in [4.78, 5) is 14.9. The smallest absolute Gasteiger partial charge is 0.289 e. The molecule has 2 aliphatic heterocycles. The number of nitrogens with zero attached hydrogens (tertiary/aromatic N) is 4. The maximum atomic E-state index is 12.4. The molecule has 2 fully saturated rings. The number of aromatic nitrogens is 3. The second-order valence-corrected chi connectivity index (χ2v) is 8.22. The molecular weight excluding hydrogens is 350 g/mol. The summed E-state index contributed by atoms with van der Waals surface area (Å²) in [6.07, 6.45) is 3.05. The number of carbonyl (C=O) groups is 1. The zero-order valence-corrected chi connectivity index (χ0v) is 15.3. The molecule has 1 aromatic heterocycles. The summed E-state index contributed by atoms with van der Waals surface area (Å²) in [5.41, 5.74) is 1.18. The van der Waals surface area contributed by atoms with Crippen LogP contribution in [0.2, 0.25) is 5.02 Å². The molecule has 6 nitrogen and oxygen atoms in total. The van der Waals surface area contributed by atoms with Gasteiger partial charge in [-0.05, 0) is 36.3 Å². The van der Waals surface area contributed by atoms with Crippen LogP contribution in [0.15, 0.2) is 24.3 Å².